The third-order valence-electron chi connectivity index (χ3n) is 11.0. The Hall–Kier alpha value is -0.630. The van der Waals surface area contributed by atoms with Gasteiger partial charge < -0.3 is 5.11 Å². The van der Waals surface area contributed by atoms with E-state index in [1.165, 1.54) is 50.5 Å². The van der Waals surface area contributed by atoms with Crippen molar-refractivity contribution in [1.29, 1.82) is 0 Å². The third-order valence-corrected chi connectivity index (χ3v) is 11.0. The van der Waals surface area contributed by atoms with Gasteiger partial charge in [-0.2, -0.15) is 0 Å². The summed E-state index contributed by atoms with van der Waals surface area (Å²) in [6.07, 6.45) is 12.7. The van der Waals surface area contributed by atoms with Crippen molar-refractivity contribution in [1.82, 2.24) is 0 Å². The Morgan fingerprint density at radius 2 is 1.74 bits per heavy atom. The summed E-state index contributed by atoms with van der Waals surface area (Å²) in [4.78, 5) is 13.4. The zero-order valence-electron chi connectivity index (χ0n) is 21.3. The van der Waals surface area contributed by atoms with Crippen LogP contribution in [0.1, 0.15) is 106 Å². The fraction of sp³-hybridized carbons (Fsp3) is 0.897. The van der Waals surface area contributed by atoms with Gasteiger partial charge in [-0.1, -0.05) is 72.5 Å². The number of rotatable bonds is 5. The van der Waals surface area contributed by atoms with Crippen molar-refractivity contribution in [3.63, 3.8) is 0 Å². The number of hydrogen-bond acceptors (Lipinski definition) is 2. The molecule has 4 aliphatic rings. The topological polar surface area (TPSA) is 37.3 Å². The van der Waals surface area contributed by atoms with Crippen molar-refractivity contribution >= 4 is 5.78 Å². The van der Waals surface area contributed by atoms with Crippen molar-refractivity contribution in [2.45, 2.75) is 112 Å². The first-order valence-electron chi connectivity index (χ1n) is 13.4. The first kappa shape index (κ1) is 23.5. The second-order valence-electron chi connectivity index (χ2n) is 13.3. The second kappa shape index (κ2) is 8.00. The molecule has 3 saturated carbocycles. The zero-order chi connectivity index (χ0) is 22.8. The molecule has 0 bridgehead atoms. The molecule has 0 aromatic carbocycles. The highest BCUT2D eigenvalue weighted by Gasteiger charge is 2.63. The molecule has 2 nitrogen and oxygen atoms in total. The van der Waals surface area contributed by atoms with E-state index in [0.29, 0.717) is 29.5 Å². The Balaban J connectivity index is 1.58. The van der Waals surface area contributed by atoms with E-state index in [1.54, 1.807) is 0 Å². The van der Waals surface area contributed by atoms with Gasteiger partial charge in [0.2, 0.25) is 0 Å². The molecule has 0 radical (unpaired) electrons. The molecule has 0 aromatic heterocycles. The normalized spacial score (nSPS) is 45.0. The minimum absolute atomic E-state index is 0.280. The molecule has 0 saturated heterocycles. The van der Waals surface area contributed by atoms with Crippen LogP contribution >= 0.6 is 0 Å². The maximum Gasteiger partial charge on any atom is 0.145 e. The number of aliphatic hydroxyl groups excluding tert-OH is 1. The second-order valence-corrected chi connectivity index (χ2v) is 13.3. The summed E-state index contributed by atoms with van der Waals surface area (Å²) in [5.41, 5.74) is 1.07. The first-order valence-corrected chi connectivity index (χ1v) is 13.4. The number of allylic oxidation sites excluding steroid dienone is 1. The van der Waals surface area contributed by atoms with Crippen LogP contribution in [0.4, 0.5) is 0 Å². The molecule has 0 aliphatic heterocycles. The molecule has 0 aromatic rings. The fourth-order valence-corrected chi connectivity index (χ4v) is 9.13. The molecule has 1 N–H and O–H groups in total. The number of ketones is 1. The van der Waals surface area contributed by atoms with Crippen LogP contribution in [0, 0.1) is 51.8 Å². The first-order chi connectivity index (χ1) is 14.4. The quantitative estimate of drug-likeness (QED) is 0.470. The van der Waals surface area contributed by atoms with Gasteiger partial charge in [0.15, 0.2) is 0 Å². The highest BCUT2D eigenvalue weighted by Crippen LogP contribution is 2.68. The summed E-state index contributed by atoms with van der Waals surface area (Å²) in [5.74, 6) is 4.68. The molecule has 0 spiro atoms. The summed E-state index contributed by atoms with van der Waals surface area (Å²) < 4.78 is 0. The van der Waals surface area contributed by atoms with E-state index < -0.39 is 6.10 Å². The van der Waals surface area contributed by atoms with Crippen LogP contribution in [0.25, 0.3) is 0 Å². The van der Waals surface area contributed by atoms with E-state index in [9.17, 15) is 9.90 Å². The van der Waals surface area contributed by atoms with Crippen molar-refractivity contribution in [2.75, 3.05) is 0 Å². The zero-order valence-corrected chi connectivity index (χ0v) is 21.3. The van der Waals surface area contributed by atoms with Gasteiger partial charge in [-0.05, 0) is 80.0 Å². The molecular formula is C29H48O2. The molecule has 4 aliphatic carbocycles. The van der Waals surface area contributed by atoms with E-state index in [0.717, 1.165) is 30.1 Å². The van der Waals surface area contributed by atoms with Crippen LogP contribution in [-0.4, -0.2) is 17.0 Å². The van der Waals surface area contributed by atoms with Gasteiger partial charge in [0.05, 0.1) is 11.5 Å². The van der Waals surface area contributed by atoms with Gasteiger partial charge in [-0.25, -0.2) is 0 Å². The number of Topliss-reactive ketones (excluding diaryl/α,β-unsaturated/α-hetero) is 1. The van der Waals surface area contributed by atoms with E-state index >= 15 is 0 Å². The molecule has 176 valence electrons. The van der Waals surface area contributed by atoms with Crippen LogP contribution in [0.5, 0.6) is 0 Å². The lowest BCUT2D eigenvalue weighted by atomic mass is 9.44. The molecule has 0 heterocycles. The van der Waals surface area contributed by atoms with Gasteiger partial charge in [0.25, 0.3) is 0 Å². The molecule has 2 heteroatoms. The lowest BCUT2D eigenvalue weighted by molar-refractivity contribution is -0.146. The average molecular weight is 429 g/mol. The van der Waals surface area contributed by atoms with Crippen LogP contribution in [0.2, 0.25) is 0 Å². The molecular weight excluding hydrogens is 380 g/mol. The van der Waals surface area contributed by atoms with E-state index in [-0.39, 0.29) is 10.8 Å². The van der Waals surface area contributed by atoms with E-state index in [1.807, 2.05) is 0 Å². The summed E-state index contributed by atoms with van der Waals surface area (Å²) in [6.45, 7) is 16.4. The van der Waals surface area contributed by atoms with Gasteiger partial charge in [-0.3, -0.25) is 4.79 Å². The molecule has 4 rings (SSSR count). The van der Waals surface area contributed by atoms with Gasteiger partial charge in [-0.15, -0.1) is 0 Å². The Morgan fingerprint density at radius 3 is 2.42 bits per heavy atom. The third kappa shape index (κ3) is 3.49. The Bertz CT molecular complexity index is 733. The molecule has 0 amide bonds. The summed E-state index contributed by atoms with van der Waals surface area (Å²) in [7, 11) is 0. The average Bonchev–Trinajstić information content (AvgIpc) is 3.04. The molecule has 8 atom stereocenters. The smallest absolute Gasteiger partial charge is 0.145 e. The van der Waals surface area contributed by atoms with Crippen LogP contribution < -0.4 is 0 Å². The maximum absolute atomic E-state index is 13.4. The van der Waals surface area contributed by atoms with Crippen LogP contribution in [-0.2, 0) is 4.79 Å². The minimum atomic E-state index is -0.535. The highest BCUT2D eigenvalue weighted by molar-refractivity contribution is 5.90. The minimum Gasteiger partial charge on any atom is -0.392 e. The van der Waals surface area contributed by atoms with Crippen molar-refractivity contribution < 1.29 is 9.90 Å². The maximum atomic E-state index is 13.4. The summed E-state index contributed by atoms with van der Waals surface area (Å²) in [6, 6.07) is 0. The molecule has 31 heavy (non-hydrogen) atoms. The largest absolute Gasteiger partial charge is 0.392 e. The number of hydrogen-bond donors (Lipinski definition) is 1. The number of carbonyl (C=O) groups excluding carboxylic acids is 1. The predicted octanol–water partition coefficient (Wildman–Crippen LogP) is 7.20. The lowest BCUT2D eigenvalue weighted by Gasteiger charge is -2.60. The Labute approximate surface area is 191 Å². The van der Waals surface area contributed by atoms with E-state index in [2.05, 4.69) is 54.5 Å². The van der Waals surface area contributed by atoms with Gasteiger partial charge in [0, 0.05) is 11.8 Å². The fourth-order valence-electron chi connectivity index (χ4n) is 9.13. The number of carbonyl (C=O) groups is 1. The van der Waals surface area contributed by atoms with Crippen LogP contribution in [0.3, 0.4) is 0 Å². The summed E-state index contributed by atoms with van der Waals surface area (Å²) >= 11 is 0. The summed E-state index contributed by atoms with van der Waals surface area (Å²) in [5, 5.41) is 10.7. The SMILES string of the molecule is CC(C)CCC[C@@H](C)[C@H]1CC[C@H]2[C@@H]3CC=C4C(C)(C)[C@H](O)CC(=O)[C@]4(C)[C@H]3CC[C@]12C. The van der Waals surface area contributed by atoms with Gasteiger partial charge >= 0.3 is 0 Å². The van der Waals surface area contributed by atoms with Crippen molar-refractivity contribution in [2.24, 2.45) is 51.8 Å². The molecule has 0 unspecified atom stereocenters. The number of fused-ring (bicyclic) bond motifs is 5. The highest BCUT2D eigenvalue weighted by atomic mass is 16.3. The Morgan fingerprint density at radius 1 is 1.03 bits per heavy atom. The number of aliphatic hydroxyl groups is 1. The van der Waals surface area contributed by atoms with Crippen LogP contribution in [0.15, 0.2) is 11.6 Å². The Kier molecular flexibility index (Phi) is 6.07. The predicted molar refractivity (Wildman–Crippen MR) is 129 cm³/mol. The van der Waals surface area contributed by atoms with Gasteiger partial charge in [0.1, 0.15) is 5.78 Å². The monoisotopic (exact) mass is 428 g/mol. The standard InChI is InChI=1S/C29H48O2/c1-18(2)9-8-10-19(3)21-12-13-22-20-11-14-24-27(4,5)25(30)17-26(31)29(24,7)23(20)15-16-28(21,22)6/h14,18-23,25,30H,8-13,15-17H2,1-7H3/t19-,20+,21-,22+,23+,25-,28-,29-/m1/s1. The van der Waals surface area contributed by atoms with Crippen molar-refractivity contribution in [3.8, 4) is 0 Å². The lowest BCUT2D eigenvalue weighted by Crippen LogP contribution is -2.58. The molecule has 3 fully saturated rings. The van der Waals surface area contributed by atoms with E-state index in [4.69, 9.17) is 0 Å². The van der Waals surface area contributed by atoms with Crippen molar-refractivity contribution in [3.05, 3.63) is 11.6 Å².